The molecule has 0 aliphatic carbocycles. The Morgan fingerprint density at radius 1 is 1.27 bits per heavy atom. The first-order valence-corrected chi connectivity index (χ1v) is 4.17. The molecule has 15 heavy (non-hydrogen) atoms. The van der Waals surface area contributed by atoms with Gasteiger partial charge in [0.25, 0.3) is 0 Å². The van der Waals surface area contributed by atoms with Crippen LogP contribution >= 0.6 is 0 Å². The summed E-state index contributed by atoms with van der Waals surface area (Å²) in [6, 6.07) is 4.96. The molecule has 0 saturated carbocycles. The van der Waals surface area contributed by atoms with Gasteiger partial charge in [-0.2, -0.15) is 13.2 Å². The molecule has 2 N–H and O–H groups in total. The van der Waals surface area contributed by atoms with Gasteiger partial charge in [0.2, 0.25) is 0 Å². The molecular formula is C9H10F3NO2. The maximum absolute atomic E-state index is 12.3. The van der Waals surface area contributed by atoms with Crippen molar-refractivity contribution in [2.24, 2.45) is 0 Å². The van der Waals surface area contributed by atoms with Gasteiger partial charge in [0, 0.05) is 0 Å². The highest BCUT2D eigenvalue weighted by Gasteiger charge is 2.37. The molecule has 1 aromatic carbocycles. The Labute approximate surface area is 84.3 Å². The number of benzene rings is 1. The highest BCUT2D eigenvalue weighted by Crippen LogP contribution is 2.35. The molecule has 6 heteroatoms. The summed E-state index contributed by atoms with van der Waals surface area (Å²) in [5, 5.41) is 17.1. The third kappa shape index (κ3) is 2.84. The van der Waals surface area contributed by atoms with E-state index in [0.29, 0.717) is 0 Å². The van der Waals surface area contributed by atoms with Crippen molar-refractivity contribution < 1.29 is 23.6 Å². The van der Waals surface area contributed by atoms with E-state index >= 15 is 0 Å². The fourth-order valence-corrected chi connectivity index (χ4v) is 1.11. The van der Waals surface area contributed by atoms with Gasteiger partial charge >= 0.3 is 6.18 Å². The molecule has 0 aliphatic heterocycles. The minimum Gasteiger partial charge on any atom is -0.264 e. The summed E-state index contributed by atoms with van der Waals surface area (Å²) in [6.07, 6.45) is -4.34. The Balaban J connectivity index is 3.00. The van der Waals surface area contributed by atoms with Crippen LogP contribution in [0.4, 0.5) is 18.9 Å². The van der Waals surface area contributed by atoms with Crippen molar-refractivity contribution in [3.8, 4) is 0 Å². The molecule has 0 spiro atoms. The molecule has 0 fully saturated rings. The van der Waals surface area contributed by atoms with Crippen LogP contribution in [0.25, 0.3) is 0 Å². The lowest BCUT2D eigenvalue weighted by Crippen LogP contribution is -2.18. The van der Waals surface area contributed by atoms with Gasteiger partial charge in [0.05, 0.1) is 11.6 Å². The van der Waals surface area contributed by atoms with Crippen molar-refractivity contribution in [1.29, 1.82) is 0 Å². The molecule has 0 heterocycles. The third-order valence-electron chi connectivity index (χ3n) is 2.09. The molecule has 0 amide bonds. The van der Waals surface area contributed by atoms with Crippen molar-refractivity contribution in [3.63, 3.8) is 0 Å². The largest absolute Gasteiger partial charge is 0.395 e. The van der Waals surface area contributed by atoms with Gasteiger partial charge in [-0.1, -0.05) is 12.1 Å². The van der Waals surface area contributed by atoms with Crippen LogP contribution in [-0.2, 0) is 0 Å². The number of halogens is 3. The first-order valence-electron chi connectivity index (χ1n) is 4.17. The Bertz CT molecular complexity index is 338. The first-order chi connectivity index (χ1) is 6.82. The highest BCUT2D eigenvalue weighted by atomic mass is 19.4. The smallest absolute Gasteiger partial charge is 0.264 e. The quantitative estimate of drug-likeness (QED) is 0.754. The molecule has 84 valence electrons. The summed E-state index contributed by atoms with van der Waals surface area (Å²) in [5.74, 6) is -1.64. The molecule has 1 aromatic rings. The minimum atomic E-state index is -4.34. The predicted octanol–water partition coefficient (Wildman–Crippen LogP) is 2.94. The van der Waals surface area contributed by atoms with Crippen molar-refractivity contribution in [3.05, 3.63) is 29.8 Å². The SMILES string of the molecule is CC(c1cccc(N(O)O)c1)C(F)(F)F. The highest BCUT2D eigenvalue weighted by molar-refractivity contribution is 5.45. The van der Waals surface area contributed by atoms with Gasteiger partial charge in [-0.05, 0) is 24.6 Å². The number of anilines is 1. The van der Waals surface area contributed by atoms with E-state index in [0.717, 1.165) is 13.0 Å². The molecular weight excluding hydrogens is 211 g/mol. The maximum atomic E-state index is 12.3. The Hall–Kier alpha value is -1.27. The Morgan fingerprint density at radius 2 is 1.87 bits per heavy atom. The van der Waals surface area contributed by atoms with Crippen molar-refractivity contribution in [2.75, 3.05) is 5.23 Å². The summed E-state index contributed by atoms with van der Waals surface area (Å²) < 4.78 is 37.0. The van der Waals surface area contributed by atoms with Gasteiger partial charge in [-0.3, -0.25) is 10.4 Å². The standard InChI is InChI=1S/C9H10F3NO2/c1-6(9(10,11)12)7-3-2-4-8(5-7)13(14)15/h2-6,14-15H,1H3. The van der Waals surface area contributed by atoms with E-state index in [1.54, 1.807) is 0 Å². The van der Waals surface area contributed by atoms with Crippen LogP contribution < -0.4 is 5.23 Å². The summed E-state index contributed by atoms with van der Waals surface area (Å²) in [4.78, 5) is 0. The second-order valence-corrected chi connectivity index (χ2v) is 3.15. The molecule has 0 aromatic heterocycles. The fourth-order valence-electron chi connectivity index (χ4n) is 1.11. The van der Waals surface area contributed by atoms with Crippen LogP contribution in [0, 0.1) is 0 Å². The Kier molecular flexibility index (Phi) is 3.21. The van der Waals surface area contributed by atoms with E-state index in [-0.39, 0.29) is 16.5 Å². The maximum Gasteiger partial charge on any atom is 0.395 e. The second-order valence-electron chi connectivity index (χ2n) is 3.15. The first kappa shape index (κ1) is 11.8. The van der Waals surface area contributed by atoms with E-state index < -0.39 is 12.1 Å². The molecule has 0 radical (unpaired) electrons. The van der Waals surface area contributed by atoms with Crippen LogP contribution in [-0.4, -0.2) is 16.6 Å². The number of rotatable bonds is 2. The molecule has 3 nitrogen and oxygen atoms in total. The zero-order valence-corrected chi connectivity index (χ0v) is 7.86. The topological polar surface area (TPSA) is 43.7 Å². The van der Waals surface area contributed by atoms with E-state index in [9.17, 15) is 13.2 Å². The van der Waals surface area contributed by atoms with Crippen molar-refractivity contribution in [1.82, 2.24) is 0 Å². The molecule has 1 unspecified atom stereocenters. The zero-order valence-electron chi connectivity index (χ0n) is 7.86. The number of alkyl halides is 3. The number of hydrogen-bond acceptors (Lipinski definition) is 3. The molecule has 1 rings (SSSR count). The predicted molar refractivity (Wildman–Crippen MR) is 47.0 cm³/mol. The molecule has 0 bridgehead atoms. The van der Waals surface area contributed by atoms with Gasteiger partial charge in [0.15, 0.2) is 0 Å². The van der Waals surface area contributed by atoms with Crippen molar-refractivity contribution in [2.45, 2.75) is 19.0 Å². The Morgan fingerprint density at radius 3 is 2.33 bits per heavy atom. The number of hydrogen-bond donors (Lipinski definition) is 2. The van der Waals surface area contributed by atoms with Crippen molar-refractivity contribution >= 4 is 5.69 Å². The number of nitrogens with zero attached hydrogens (tertiary/aromatic N) is 1. The second kappa shape index (κ2) is 4.08. The monoisotopic (exact) mass is 221 g/mol. The molecule has 0 aliphatic rings. The van der Waals surface area contributed by atoms with Crippen LogP contribution in [0.2, 0.25) is 0 Å². The van der Waals surface area contributed by atoms with E-state index in [4.69, 9.17) is 10.4 Å². The lowest BCUT2D eigenvalue weighted by atomic mass is 10.0. The zero-order chi connectivity index (χ0) is 11.6. The van der Waals surface area contributed by atoms with E-state index in [1.165, 1.54) is 18.2 Å². The summed E-state index contributed by atoms with van der Waals surface area (Å²) >= 11 is 0. The fraction of sp³-hybridized carbons (Fsp3) is 0.333. The summed E-state index contributed by atoms with van der Waals surface area (Å²) in [5.41, 5.74) is -0.128. The van der Waals surface area contributed by atoms with Gasteiger partial charge in [0.1, 0.15) is 0 Å². The van der Waals surface area contributed by atoms with Crippen LogP contribution in [0.5, 0.6) is 0 Å². The van der Waals surface area contributed by atoms with Crippen LogP contribution in [0.1, 0.15) is 18.4 Å². The van der Waals surface area contributed by atoms with Gasteiger partial charge in [-0.15, -0.1) is 5.23 Å². The summed E-state index contributed by atoms with van der Waals surface area (Å²) in [6.45, 7) is 1.01. The minimum absolute atomic E-state index is 0.0203. The third-order valence-corrected chi connectivity index (χ3v) is 2.09. The van der Waals surface area contributed by atoms with E-state index in [1.807, 2.05) is 0 Å². The molecule has 0 saturated heterocycles. The van der Waals surface area contributed by atoms with Gasteiger partial charge < -0.3 is 0 Å². The van der Waals surface area contributed by atoms with E-state index in [2.05, 4.69) is 0 Å². The average Bonchev–Trinajstić information content (AvgIpc) is 2.15. The molecule has 1 atom stereocenters. The lowest BCUT2D eigenvalue weighted by molar-refractivity contribution is -0.146. The normalized spacial score (nSPS) is 13.7. The van der Waals surface area contributed by atoms with Crippen LogP contribution in [0.3, 0.4) is 0 Å². The lowest BCUT2D eigenvalue weighted by Gasteiger charge is -2.17. The van der Waals surface area contributed by atoms with Crippen LogP contribution in [0.15, 0.2) is 24.3 Å². The summed E-state index contributed by atoms with van der Waals surface area (Å²) in [7, 11) is 0. The van der Waals surface area contributed by atoms with Gasteiger partial charge in [-0.25, -0.2) is 0 Å². The average molecular weight is 221 g/mol.